The molecule has 2 aliphatic rings. The van der Waals surface area contributed by atoms with Crippen molar-refractivity contribution >= 4 is 76.4 Å². The third-order valence-electron chi connectivity index (χ3n) is 12.7. The van der Waals surface area contributed by atoms with E-state index in [2.05, 4.69) is 174 Å². The van der Waals surface area contributed by atoms with Gasteiger partial charge in [-0.2, -0.15) is 13.3 Å². The molecule has 2 heterocycles. The van der Waals surface area contributed by atoms with Gasteiger partial charge in [0.1, 0.15) is 0 Å². The number of anilines is 4. The fraction of sp³-hybridized carbons (Fsp3) is 0.355. The van der Waals surface area contributed by atoms with E-state index < -0.39 is 32.0 Å². The summed E-state index contributed by atoms with van der Waals surface area (Å²) in [7, 11) is 23.3. The molecule has 15 heteroatoms. The zero-order chi connectivity index (χ0) is 57.0. The first kappa shape index (κ1) is 63.5. The van der Waals surface area contributed by atoms with Gasteiger partial charge in [0.2, 0.25) is 0 Å². The number of nitro benzene ring substituents is 1. The van der Waals surface area contributed by atoms with E-state index >= 15 is 0 Å². The zero-order valence-electron chi connectivity index (χ0n) is 47.6. The molecule has 6 aromatic rings. The summed E-state index contributed by atoms with van der Waals surface area (Å²) in [5, 5.41) is 10.7. The second-order valence-corrected chi connectivity index (χ2v) is 32.1. The van der Waals surface area contributed by atoms with Crippen LogP contribution in [0.4, 0.5) is 28.4 Å². The van der Waals surface area contributed by atoms with E-state index in [0.717, 1.165) is 37.5 Å². The molecule has 0 spiro atoms. The van der Waals surface area contributed by atoms with Crippen molar-refractivity contribution in [1.82, 2.24) is 0 Å². The fourth-order valence-electron chi connectivity index (χ4n) is 10.4. The molecule has 6 aromatic carbocycles. The summed E-state index contributed by atoms with van der Waals surface area (Å²) in [5.74, 6) is 1.66. The minimum atomic E-state index is -2.03. The number of hydrogen-bond donors (Lipinski definition) is 0. The summed E-state index contributed by atoms with van der Waals surface area (Å²) in [6.07, 6.45) is 0.394. The summed E-state index contributed by atoms with van der Waals surface area (Å²) in [6.45, 7) is 43.1. The van der Waals surface area contributed by atoms with E-state index in [1.807, 2.05) is 56.6 Å². The Morgan fingerprint density at radius 3 is 1.04 bits per heavy atom. The van der Waals surface area contributed by atoms with E-state index in [0.29, 0.717) is 11.3 Å². The molecule has 0 atom stereocenters. The molecule has 0 unspecified atom stereocenters. The molecule has 77 heavy (non-hydrogen) atoms. The number of nitro groups is 1. The first-order valence-electron chi connectivity index (χ1n) is 25.8. The van der Waals surface area contributed by atoms with Crippen molar-refractivity contribution in [3.8, 4) is 11.5 Å². The Morgan fingerprint density at radius 1 is 0.468 bits per heavy atom. The number of aryl methyl sites for hydroxylation is 12. The van der Waals surface area contributed by atoms with Crippen molar-refractivity contribution in [2.75, 3.05) is 45.8 Å². The van der Waals surface area contributed by atoms with Crippen LogP contribution in [0.5, 0.6) is 11.5 Å². The van der Waals surface area contributed by atoms with Crippen molar-refractivity contribution in [3.63, 3.8) is 0 Å². The van der Waals surface area contributed by atoms with E-state index in [1.165, 1.54) is 102 Å². The average molecular weight is 1300 g/mol. The minimum Gasteiger partial charge on any atom is -0.502 e. The van der Waals surface area contributed by atoms with Crippen molar-refractivity contribution in [3.05, 3.63) is 192 Å². The third kappa shape index (κ3) is 18.4. The van der Waals surface area contributed by atoms with Gasteiger partial charge in [-0.3, -0.25) is 0 Å². The molecule has 2 saturated heterocycles. The molecule has 0 aliphatic carbocycles. The van der Waals surface area contributed by atoms with E-state index in [9.17, 15) is 10.1 Å². The Hall–Kier alpha value is -4.33. The molecular formula is C62H79Cl4N5O4Ru2. The Bertz CT molecular complexity index is 2750. The number of para-hydroxylation sites is 1. The van der Waals surface area contributed by atoms with Gasteiger partial charge in [0, 0.05) is 48.9 Å². The number of benzene rings is 6. The molecule has 2 N–H and O–H groups in total. The molecule has 0 radical (unpaired) electrons. The molecule has 9 nitrogen and oxygen atoms in total. The van der Waals surface area contributed by atoms with Crippen LogP contribution in [0, 0.1) is 107 Å². The largest absolute Gasteiger partial charge is 0.502 e. The molecule has 0 bridgehead atoms. The smallest absolute Gasteiger partial charge is 0.0146 e. The van der Waals surface area contributed by atoms with Gasteiger partial charge in [0.25, 0.3) is 0 Å². The standard InChI is InChI=1S/2C21H27N2.C10H11NO3.C10H12O.4ClH.2Ru/c2*1-14-9-16(3)20(17(4)10-14)22-7-8-23(13-22)21-18(5)11-15(2)12-19(21)6;1-7(2)14-10-5-4-9(11(12)13)6-8(10)3;1-8(2)11-10-7-5-4-6-9(10)3;;;;;;/h2*9-13H,7-8H2,1-6H3;3-7H,1-2H3;3-8H,1-2H3;4*1H;;/q2*-1;;;;;;;2*+2/p-2. The maximum Gasteiger partial charge on any atom is 0.0146 e. The van der Waals surface area contributed by atoms with Crippen LogP contribution in [0.3, 0.4) is 0 Å². The Balaban J connectivity index is 0.000000193. The molecule has 0 saturated carbocycles. The quantitative estimate of drug-likeness (QED) is 0.0423. The van der Waals surface area contributed by atoms with Crippen molar-refractivity contribution < 1.29 is 41.4 Å². The van der Waals surface area contributed by atoms with Crippen molar-refractivity contribution in [2.24, 2.45) is 0 Å². The van der Waals surface area contributed by atoms with Crippen LogP contribution < -0.4 is 19.6 Å². The number of halogens is 4. The first-order chi connectivity index (χ1) is 36.2. The van der Waals surface area contributed by atoms with Gasteiger partial charge in [-0.1, -0.05) is 70.8 Å². The monoisotopic (exact) mass is 1300 g/mol. The second kappa shape index (κ2) is 29.2. The summed E-state index contributed by atoms with van der Waals surface area (Å²) in [5.41, 5.74) is 23.4. The predicted octanol–water partition coefficient (Wildman–Crippen LogP) is 16.7. The average Bonchev–Trinajstić information content (AvgIpc) is 3.97. The normalized spacial score (nSPS) is 13.3. The van der Waals surface area contributed by atoms with Crippen LogP contribution in [0.15, 0.2) is 91.0 Å². The Labute approximate surface area is 486 Å². The van der Waals surface area contributed by atoms with Gasteiger partial charge in [-0.15, -0.1) is 0 Å². The molecule has 8 rings (SSSR count). The number of nitrogens with zero attached hydrogens (tertiary/aromatic N) is 5. The molecule has 0 aromatic heterocycles. The second-order valence-electron chi connectivity index (χ2n) is 20.6. The summed E-state index contributed by atoms with van der Waals surface area (Å²) in [6, 6.07) is 30.6. The number of hydrogen-bond acceptors (Lipinski definition) is 6. The number of aliphatic hydroxyl groups is 2. The molecular weight excluding hydrogens is 1220 g/mol. The van der Waals surface area contributed by atoms with Gasteiger partial charge < -0.3 is 19.6 Å². The van der Waals surface area contributed by atoms with Crippen LogP contribution in [0.1, 0.15) is 106 Å². The molecule has 2 fully saturated rings. The molecule has 2 aliphatic heterocycles. The Morgan fingerprint density at radius 2 is 0.753 bits per heavy atom. The number of non-ortho nitro benzene ring substituents is 1. The first-order valence-corrected chi connectivity index (χ1v) is 36.7. The van der Waals surface area contributed by atoms with E-state index in [4.69, 9.17) is 38.8 Å². The zero-order valence-corrected chi connectivity index (χ0v) is 54.1. The third-order valence-corrected chi connectivity index (χ3v) is 16.4. The number of ether oxygens (including phenoxy) is 2. The van der Waals surface area contributed by atoms with Crippen molar-refractivity contribution in [2.45, 2.75) is 123 Å². The van der Waals surface area contributed by atoms with Crippen LogP contribution >= 0.6 is 38.8 Å². The maximum atomic E-state index is 10.7. The molecule has 0 amide bonds. The maximum absolute atomic E-state index is 10.7. The predicted molar refractivity (Wildman–Crippen MR) is 327 cm³/mol. The molecule has 420 valence electrons. The number of rotatable bonds is 11. The van der Waals surface area contributed by atoms with Gasteiger partial charge in [-0.25, -0.2) is 0 Å². The van der Waals surface area contributed by atoms with Gasteiger partial charge in [-0.05, 0) is 128 Å². The van der Waals surface area contributed by atoms with Crippen LogP contribution in [-0.2, 0) is 27.0 Å². The van der Waals surface area contributed by atoms with Gasteiger partial charge in [0.05, 0.1) is 0 Å². The Kier molecular flexibility index (Phi) is 24.1. The SMILES string of the molecule is CC(C)[OH+]c1ccc([N+](=O)[O-])cc1[CH]=[Ru]([Cl])[Cl].CC(C)[OH+]c1ccccc1[CH]=[Ru]([Cl])[Cl].Cc1cc(C)c(N2[CH-]N(c3c(C)cc(C)cc3C)CC2)c(C)c1.Cc1cc(C)c(N2[CH-]N(c3c(C)cc(C)cc3C)CC2)c(C)c1. The van der Waals surface area contributed by atoms with Crippen LogP contribution in [0.25, 0.3) is 0 Å². The fourth-order valence-corrected chi connectivity index (χ4v) is 14.1. The van der Waals surface area contributed by atoms with Gasteiger partial charge >= 0.3 is 210 Å². The van der Waals surface area contributed by atoms with Crippen LogP contribution in [0.2, 0.25) is 0 Å². The van der Waals surface area contributed by atoms with Gasteiger partial charge in [0.15, 0.2) is 0 Å². The summed E-state index contributed by atoms with van der Waals surface area (Å²) >= 11 is -3.78. The topological polar surface area (TPSA) is 81.7 Å². The summed E-state index contributed by atoms with van der Waals surface area (Å²) in [4.78, 5) is 19.9. The summed E-state index contributed by atoms with van der Waals surface area (Å²) < 4.78 is 12.4. The number of aromatic hydroxyl groups is 2. The van der Waals surface area contributed by atoms with Crippen molar-refractivity contribution in [1.29, 1.82) is 0 Å². The van der Waals surface area contributed by atoms with E-state index in [-0.39, 0.29) is 17.9 Å². The van der Waals surface area contributed by atoms with Crippen LogP contribution in [-0.4, -0.2) is 62.0 Å². The minimum absolute atomic E-state index is 0.0164. The van der Waals surface area contributed by atoms with E-state index in [1.54, 1.807) is 10.7 Å².